The molecule has 0 bridgehead atoms. The number of benzene rings is 4. The Morgan fingerprint density at radius 2 is 1.60 bits per heavy atom. The molecule has 0 spiro atoms. The van der Waals surface area contributed by atoms with Gasteiger partial charge < -0.3 is 46.3 Å². The first-order chi connectivity index (χ1) is 36.1. The van der Waals surface area contributed by atoms with E-state index >= 15 is 23.2 Å². The number of nitrogens with one attached hydrogen (secondary N) is 6. The minimum Gasteiger partial charge on any atom is -0.383 e. The van der Waals surface area contributed by atoms with Gasteiger partial charge >= 0.3 is 0 Å². The second-order valence-electron chi connectivity index (χ2n) is 20.8. The molecule has 0 aliphatic carbocycles. The van der Waals surface area contributed by atoms with Gasteiger partial charge in [-0.1, -0.05) is 36.4 Å². The topological polar surface area (TPSA) is 186 Å². The number of fused-ring (bicyclic) bond motifs is 2. The Morgan fingerprint density at radius 1 is 0.867 bits per heavy atom. The Kier molecular flexibility index (Phi) is 16.4. The Hall–Kier alpha value is -6.22. The molecule has 2 unspecified atom stereocenters. The minimum atomic E-state index is -1.77. The van der Waals surface area contributed by atoms with E-state index in [1.807, 2.05) is 25.1 Å². The predicted molar refractivity (Wildman–Crippen MR) is 277 cm³/mol. The highest BCUT2D eigenvalue weighted by atomic mass is 19.1. The van der Waals surface area contributed by atoms with E-state index in [9.17, 15) is 14.0 Å². The first kappa shape index (κ1) is 53.6. The molecule has 3 fully saturated rings. The van der Waals surface area contributed by atoms with E-state index in [1.54, 1.807) is 44.3 Å². The number of nitrogens with zero attached hydrogens (tertiary/aromatic N) is 3. The Balaban J connectivity index is 1.07. The maximum absolute atomic E-state index is 15.8. The number of hydrogen-bond donors (Lipinski definition) is 6. The first-order valence-corrected chi connectivity index (χ1v) is 26.1. The number of carbonyl (C=O) groups is 5. The van der Waals surface area contributed by atoms with Crippen molar-refractivity contribution in [2.45, 2.75) is 101 Å². The molecule has 4 aromatic carbocycles. The van der Waals surface area contributed by atoms with Crippen LogP contribution in [0.2, 0.25) is 0 Å². The summed E-state index contributed by atoms with van der Waals surface area (Å²) in [4.78, 5) is 80.3. The van der Waals surface area contributed by atoms with Crippen LogP contribution in [-0.2, 0) is 51.8 Å². The summed E-state index contributed by atoms with van der Waals surface area (Å²) in [6.07, 6.45) is 1.38. The number of rotatable bonds is 16. The number of anilines is 3. The molecule has 4 amide bonds. The quantitative estimate of drug-likeness (QED) is 0.0838. The standard InChI is InChI=1S/C56H68F3N9O7/c1-32-27-67(42(26-61-32)29-66-19-22-75-30-33(66)2)35(4)51(69)56(31-62-47-24-37(11-16-44(47)56)23-36-9-13-40(57)14-10-36)55(73)63-41-15-12-39-28-68(50(43(39)25-41)53(71)65-49-45(58)7-6-8-46(49)59)54(72)48(38-17-20-74-21-18-38)64-52(70)34(3)60-5/h6-16,24-25,32-35,38,42,48,50,60-62H,17-23,26-31H2,1-5H3,(H,63,73)(H,64,70)(H,65,71)/t32-,33-,34+,35?,42-,48+,50-,56?/m1/s1. The van der Waals surface area contributed by atoms with Crippen molar-refractivity contribution in [2.75, 3.05) is 82.1 Å². The van der Waals surface area contributed by atoms with E-state index in [1.165, 1.54) is 23.1 Å². The maximum atomic E-state index is 15.8. The van der Waals surface area contributed by atoms with Crippen LogP contribution in [0.3, 0.4) is 0 Å². The summed E-state index contributed by atoms with van der Waals surface area (Å²) in [5, 5.41) is 18.3. The molecule has 5 aliphatic heterocycles. The molecule has 75 heavy (non-hydrogen) atoms. The molecular formula is C56H68F3N9O7. The molecule has 4 aromatic rings. The summed E-state index contributed by atoms with van der Waals surface area (Å²) in [5.74, 6) is -5.63. The number of Topliss-reactive ketones (excluding diaryl/α,β-unsaturated/α-hetero) is 1. The van der Waals surface area contributed by atoms with Gasteiger partial charge in [-0.3, -0.25) is 33.8 Å². The highest BCUT2D eigenvalue weighted by molar-refractivity contribution is 6.20. The second kappa shape index (κ2) is 22.9. The molecular weight excluding hydrogens is 968 g/mol. The van der Waals surface area contributed by atoms with Crippen molar-refractivity contribution < 1.29 is 46.6 Å². The number of para-hydroxylation sites is 1. The van der Waals surface area contributed by atoms with Crippen LogP contribution < -0.4 is 31.9 Å². The fourth-order valence-corrected chi connectivity index (χ4v) is 11.4. The highest BCUT2D eigenvalue weighted by Gasteiger charge is 2.55. The third kappa shape index (κ3) is 11.2. The summed E-state index contributed by atoms with van der Waals surface area (Å²) < 4.78 is 55.6. The molecule has 8 atom stereocenters. The Morgan fingerprint density at radius 3 is 2.32 bits per heavy atom. The number of amides is 4. The van der Waals surface area contributed by atoms with Crippen molar-refractivity contribution in [2.24, 2.45) is 5.92 Å². The summed E-state index contributed by atoms with van der Waals surface area (Å²) in [6, 6.07) is 16.1. The van der Waals surface area contributed by atoms with Gasteiger partial charge in [-0.05, 0) is 125 Å². The molecule has 3 saturated heterocycles. The van der Waals surface area contributed by atoms with E-state index in [2.05, 4.69) is 55.5 Å². The summed E-state index contributed by atoms with van der Waals surface area (Å²) in [7, 11) is 1.62. The molecule has 9 rings (SSSR count). The normalized spacial score (nSPS) is 24.3. The van der Waals surface area contributed by atoms with Crippen molar-refractivity contribution >= 4 is 46.5 Å². The van der Waals surface area contributed by atoms with Gasteiger partial charge in [0.2, 0.25) is 17.7 Å². The van der Waals surface area contributed by atoms with Crippen LogP contribution in [0, 0.1) is 23.4 Å². The van der Waals surface area contributed by atoms with Gasteiger partial charge in [0.1, 0.15) is 35.2 Å². The lowest BCUT2D eigenvalue weighted by Gasteiger charge is -2.46. The van der Waals surface area contributed by atoms with E-state index in [0.29, 0.717) is 82.1 Å². The molecule has 5 heterocycles. The zero-order chi connectivity index (χ0) is 53.1. The van der Waals surface area contributed by atoms with Crippen molar-refractivity contribution in [3.05, 3.63) is 124 Å². The Bertz CT molecular complexity index is 2760. The van der Waals surface area contributed by atoms with Crippen LogP contribution in [0.25, 0.3) is 0 Å². The summed E-state index contributed by atoms with van der Waals surface area (Å²) in [6.45, 7) is 12.1. The van der Waals surface area contributed by atoms with Crippen LogP contribution in [0.4, 0.5) is 30.2 Å². The number of hydrogen-bond acceptors (Lipinski definition) is 12. The van der Waals surface area contributed by atoms with Crippen LogP contribution in [0.5, 0.6) is 0 Å². The Labute approximate surface area is 435 Å². The monoisotopic (exact) mass is 1040 g/mol. The zero-order valence-corrected chi connectivity index (χ0v) is 43.2. The van der Waals surface area contributed by atoms with E-state index < -0.39 is 70.5 Å². The van der Waals surface area contributed by atoms with Gasteiger partial charge in [0, 0.05) is 87.5 Å². The fourth-order valence-electron chi connectivity index (χ4n) is 11.4. The van der Waals surface area contributed by atoms with Crippen LogP contribution in [-0.4, -0.2) is 147 Å². The third-order valence-corrected chi connectivity index (χ3v) is 15.9. The lowest BCUT2D eigenvalue weighted by molar-refractivity contribution is -0.144. The van der Waals surface area contributed by atoms with Gasteiger partial charge in [-0.15, -0.1) is 0 Å². The van der Waals surface area contributed by atoms with Crippen LogP contribution in [0.15, 0.2) is 78.9 Å². The van der Waals surface area contributed by atoms with Crippen LogP contribution >= 0.6 is 0 Å². The average molecular weight is 1040 g/mol. The number of halogens is 3. The predicted octanol–water partition coefficient (Wildman–Crippen LogP) is 4.88. The van der Waals surface area contributed by atoms with Crippen molar-refractivity contribution in [1.29, 1.82) is 0 Å². The zero-order valence-electron chi connectivity index (χ0n) is 43.2. The number of morpholine rings is 1. The molecule has 5 aliphatic rings. The molecule has 19 heteroatoms. The molecule has 16 nitrogen and oxygen atoms in total. The lowest BCUT2D eigenvalue weighted by atomic mass is 9.74. The highest BCUT2D eigenvalue weighted by Crippen LogP contribution is 2.43. The maximum Gasteiger partial charge on any atom is 0.252 e. The van der Waals surface area contributed by atoms with Gasteiger partial charge in [0.05, 0.1) is 25.3 Å². The molecule has 400 valence electrons. The van der Waals surface area contributed by atoms with Crippen molar-refractivity contribution in [1.82, 2.24) is 30.7 Å². The summed E-state index contributed by atoms with van der Waals surface area (Å²) in [5.41, 5.74) is 1.38. The van der Waals surface area contributed by atoms with Gasteiger partial charge in [-0.2, -0.15) is 0 Å². The summed E-state index contributed by atoms with van der Waals surface area (Å²) >= 11 is 0. The number of ether oxygens (including phenoxy) is 2. The SMILES string of the molecule is CN[C@@H](C)C(=O)N[C@H](C(=O)N1Cc2ccc(NC(=O)C3(C(=O)C(C)N4C[C@@H](C)NC[C@@H]4CN4CCOC[C@H]4C)CNc4cc(Cc5ccc(F)cc5)ccc43)cc2[C@@H]1C(=O)Nc1c(F)cccc1F)C1CCOCC1. The number of likely N-dealkylation sites (N-methyl/N-ethyl adjacent to an activating group) is 1. The fraction of sp³-hybridized carbons (Fsp3) is 0.482. The number of carbonyl (C=O) groups excluding carboxylic acids is 5. The van der Waals surface area contributed by atoms with E-state index in [0.717, 1.165) is 29.8 Å². The van der Waals surface area contributed by atoms with E-state index in [-0.39, 0.29) is 60.0 Å². The van der Waals surface area contributed by atoms with Gasteiger partial charge in [0.15, 0.2) is 11.2 Å². The van der Waals surface area contributed by atoms with Gasteiger partial charge in [-0.25, -0.2) is 13.2 Å². The molecule has 0 aromatic heterocycles. The van der Waals surface area contributed by atoms with Gasteiger partial charge in [0.25, 0.3) is 5.91 Å². The average Bonchev–Trinajstić information content (AvgIpc) is 4.00. The van der Waals surface area contributed by atoms with Crippen molar-refractivity contribution in [3.63, 3.8) is 0 Å². The van der Waals surface area contributed by atoms with E-state index in [4.69, 9.17) is 9.47 Å². The first-order valence-electron chi connectivity index (χ1n) is 26.1. The number of piperazine rings is 1. The largest absolute Gasteiger partial charge is 0.383 e. The molecule has 6 N–H and O–H groups in total. The van der Waals surface area contributed by atoms with Crippen LogP contribution in [0.1, 0.15) is 74.4 Å². The number of ketones is 1. The minimum absolute atomic E-state index is 0.0597. The second-order valence-corrected chi connectivity index (χ2v) is 20.8. The molecule has 0 saturated carbocycles. The van der Waals surface area contributed by atoms with Crippen molar-refractivity contribution in [3.8, 4) is 0 Å². The molecule has 0 radical (unpaired) electrons. The third-order valence-electron chi connectivity index (χ3n) is 15.9. The smallest absolute Gasteiger partial charge is 0.252 e. The lowest BCUT2D eigenvalue weighted by Crippen LogP contribution is -2.66.